The summed E-state index contributed by atoms with van der Waals surface area (Å²) in [6, 6.07) is 12.7. The van der Waals surface area contributed by atoms with Crippen LogP contribution in [-0.4, -0.2) is 38.1 Å². The normalized spacial score (nSPS) is 14.6. The summed E-state index contributed by atoms with van der Waals surface area (Å²) < 4.78 is 5.36. The van der Waals surface area contributed by atoms with E-state index in [2.05, 4.69) is 33.0 Å². The Labute approximate surface area is 177 Å². The van der Waals surface area contributed by atoms with Gasteiger partial charge >= 0.3 is 0 Å². The van der Waals surface area contributed by atoms with Crippen molar-refractivity contribution in [2.75, 3.05) is 41.0 Å². The van der Waals surface area contributed by atoms with E-state index in [0.29, 0.717) is 17.1 Å². The first-order valence-corrected chi connectivity index (χ1v) is 10.3. The number of carbonyl (C=O) groups excluding carboxylic acids is 2. The van der Waals surface area contributed by atoms with E-state index in [1.165, 1.54) is 31.9 Å². The average Bonchev–Trinajstić information content (AvgIpc) is 2.74. The standard InChI is InChI=1S/C23H30N4O3/c1-16(24-21-15-19(25-17(2)28)9-12-22(21)30-3)23(29)26-18-7-10-20(11-8-18)27-13-5-4-6-14-27/h7-12,15-16,24H,4-6,13-14H2,1-3H3,(H,25,28)(H,26,29)/t16-/m0/s1. The molecular weight excluding hydrogens is 380 g/mol. The maximum atomic E-state index is 12.7. The Morgan fingerprint density at radius 1 is 0.967 bits per heavy atom. The van der Waals surface area contributed by atoms with E-state index in [1.54, 1.807) is 32.2 Å². The lowest BCUT2D eigenvalue weighted by atomic mass is 10.1. The van der Waals surface area contributed by atoms with Crippen LogP contribution in [0.4, 0.5) is 22.7 Å². The van der Waals surface area contributed by atoms with Gasteiger partial charge in [-0.1, -0.05) is 0 Å². The molecule has 2 amide bonds. The number of amides is 2. The van der Waals surface area contributed by atoms with Crippen molar-refractivity contribution in [3.8, 4) is 5.75 Å². The molecule has 7 heteroatoms. The third kappa shape index (κ3) is 5.65. The Morgan fingerprint density at radius 2 is 1.63 bits per heavy atom. The molecule has 1 heterocycles. The molecule has 0 aromatic heterocycles. The molecule has 0 saturated carbocycles. The Kier molecular flexibility index (Phi) is 7.17. The van der Waals surface area contributed by atoms with Crippen molar-refractivity contribution >= 4 is 34.6 Å². The molecule has 2 aromatic carbocycles. The number of hydrogen-bond donors (Lipinski definition) is 3. The maximum absolute atomic E-state index is 12.7. The lowest BCUT2D eigenvalue weighted by molar-refractivity contribution is -0.116. The zero-order valence-electron chi connectivity index (χ0n) is 17.8. The van der Waals surface area contributed by atoms with Gasteiger partial charge in [0.15, 0.2) is 0 Å². The molecule has 7 nitrogen and oxygen atoms in total. The number of nitrogens with one attached hydrogen (secondary N) is 3. The highest BCUT2D eigenvalue weighted by Gasteiger charge is 2.16. The minimum atomic E-state index is -0.506. The van der Waals surface area contributed by atoms with E-state index in [4.69, 9.17) is 4.74 Å². The molecule has 1 saturated heterocycles. The predicted molar refractivity (Wildman–Crippen MR) is 122 cm³/mol. The minimum absolute atomic E-state index is 0.160. The number of anilines is 4. The summed E-state index contributed by atoms with van der Waals surface area (Å²) >= 11 is 0. The third-order valence-corrected chi connectivity index (χ3v) is 5.14. The van der Waals surface area contributed by atoms with E-state index < -0.39 is 6.04 Å². The van der Waals surface area contributed by atoms with Crippen molar-refractivity contribution in [1.29, 1.82) is 0 Å². The first-order chi connectivity index (χ1) is 14.5. The maximum Gasteiger partial charge on any atom is 0.246 e. The fourth-order valence-corrected chi connectivity index (χ4v) is 3.56. The number of nitrogens with zero attached hydrogens (tertiary/aromatic N) is 1. The van der Waals surface area contributed by atoms with Crippen molar-refractivity contribution in [2.24, 2.45) is 0 Å². The van der Waals surface area contributed by atoms with Gasteiger partial charge in [0, 0.05) is 37.1 Å². The monoisotopic (exact) mass is 410 g/mol. The molecule has 1 aliphatic heterocycles. The molecule has 1 atom stereocenters. The molecule has 160 valence electrons. The van der Waals surface area contributed by atoms with Crippen molar-refractivity contribution < 1.29 is 14.3 Å². The van der Waals surface area contributed by atoms with Crippen LogP contribution in [0.25, 0.3) is 0 Å². The van der Waals surface area contributed by atoms with Crippen LogP contribution >= 0.6 is 0 Å². The second-order valence-electron chi connectivity index (χ2n) is 7.55. The van der Waals surface area contributed by atoms with Gasteiger partial charge in [0.25, 0.3) is 0 Å². The Hall–Kier alpha value is -3.22. The first-order valence-electron chi connectivity index (χ1n) is 10.3. The van der Waals surface area contributed by atoms with Gasteiger partial charge in [-0.05, 0) is 68.7 Å². The summed E-state index contributed by atoms with van der Waals surface area (Å²) in [5, 5.41) is 8.84. The number of benzene rings is 2. The number of hydrogen-bond acceptors (Lipinski definition) is 5. The highest BCUT2D eigenvalue weighted by atomic mass is 16.5. The molecule has 0 bridgehead atoms. The summed E-state index contributed by atoms with van der Waals surface area (Å²) in [4.78, 5) is 26.4. The number of piperidine rings is 1. The molecule has 0 aliphatic carbocycles. The summed E-state index contributed by atoms with van der Waals surface area (Å²) in [5.41, 5.74) is 3.21. The van der Waals surface area contributed by atoms with E-state index >= 15 is 0 Å². The highest BCUT2D eigenvalue weighted by Crippen LogP contribution is 2.29. The highest BCUT2D eigenvalue weighted by molar-refractivity contribution is 5.97. The molecular formula is C23H30N4O3. The van der Waals surface area contributed by atoms with Crippen molar-refractivity contribution in [3.63, 3.8) is 0 Å². The molecule has 1 aliphatic rings. The minimum Gasteiger partial charge on any atom is -0.495 e. The average molecular weight is 411 g/mol. The van der Waals surface area contributed by atoms with Crippen LogP contribution in [0, 0.1) is 0 Å². The van der Waals surface area contributed by atoms with E-state index in [0.717, 1.165) is 18.8 Å². The molecule has 2 aromatic rings. The van der Waals surface area contributed by atoms with Gasteiger partial charge in [-0.25, -0.2) is 0 Å². The van der Waals surface area contributed by atoms with E-state index in [9.17, 15) is 9.59 Å². The van der Waals surface area contributed by atoms with Gasteiger partial charge < -0.3 is 25.6 Å². The second kappa shape index (κ2) is 10.0. The molecule has 0 unspecified atom stereocenters. The zero-order valence-corrected chi connectivity index (χ0v) is 17.8. The molecule has 1 fully saturated rings. The molecule has 3 rings (SSSR count). The molecule has 30 heavy (non-hydrogen) atoms. The molecule has 3 N–H and O–H groups in total. The van der Waals surface area contributed by atoms with Gasteiger partial charge in [0.1, 0.15) is 11.8 Å². The summed E-state index contributed by atoms with van der Waals surface area (Å²) in [5.74, 6) is 0.271. The lowest BCUT2D eigenvalue weighted by Crippen LogP contribution is -2.32. The van der Waals surface area contributed by atoms with Crippen molar-refractivity contribution in [3.05, 3.63) is 42.5 Å². The SMILES string of the molecule is COc1ccc(NC(C)=O)cc1N[C@@H](C)C(=O)Nc1ccc(N2CCCCC2)cc1. The van der Waals surface area contributed by atoms with Crippen LogP contribution in [-0.2, 0) is 9.59 Å². The van der Waals surface area contributed by atoms with Gasteiger partial charge in [-0.15, -0.1) is 0 Å². The first kappa shape index (κ1) is 21.5. The second-order valence-corrected chi connectivity index (χ2v) is 7.55. The van der Waals surface area contributed by atoms with Crippen LogP contribution in [0.1, 0.15) is 33.1 Å². The van der Waals surface area contributed by atoms with Crippen LogP contribution in [0.15, 0.2) is 42.5 Å². The van der Waals surface area contributed by atoms with E-state index in [-0.39, 0.29) is 11.8 Å². The number of methoxy groups -OCH3 is 1. The predicted octanol–water partition coefficient (Wildman–Crippen LogP) is 4.08. The van der Waals surface area contributed by atoms with Crippen LogP contribution in [0.3, 0.4) is 0 Å². The molecule has 0 spiro atoms. The smallest absolute Gasteiger partial charge is 0.246 e. The van der Waals surface area contributed by atoms with Gasteiger partial charge in [-0.2, -0.15) is 0 Å². The quantitative estimate of drug-likeness (QED) is 0.641. The van der Waals surface area contributed by atoms with Crippen molar-refractivity contribution in [2.45, 2.75) is 39.2 Å². The topological polar surface area (TPSA) is 82.7 Å². The largest absolute Gasteiger partial charge is 0.495 e. The third-order valence-electron chi connectivity index (χ3n) is 5.14. The lowest BCUT2D eigenvalue weighted by Gasteiger charge is -2.28. The van der Waals surface area contributed by atoms with Crippen LogP contribution in [0.2, 0.25) is 0 Å². The van der Waals surface area contributed by atoms with Gasteiger partial charge in [-0.3, -0.25) is 9.59 Å². The summed E-state index contributed by atoms with van der Waals surface area (Å²) in [6.45, 7) is 5.41. The Morgan fingerprint density at radius 3 is 2.27 bits per heavy atom. The number of carbonyl (C=O) groups is 2. The number of rotatable bonds is 7. The zero-order chi connectivity index (χ0) is 21.5. The summed E-state index contributed by atoms with van der Waals surface area (Å²) in [6.07, 6.45) is 3.76. The van der Waals surface area contributed by atoms with Gasteiger partial charge in [0.05, 0.1) is 12.8 Å². The molecule has 0 radical (unpaired) electrons. The number of ether oxygens (including phenoxy) is 1. The van der Waals surface area contributed by atoms with Crippen LogP contribution < -0.4 is 25.6 Å². The summed E-state index contributed by atoms with van der Waals surface area (Å²) in [7, 11) is 1.56. The van der Waals surface area contributed by atoms with Gasteiger partial charge in [0.2, 0.25) is 11.8 Å². The fourth-order valence-electron chi connectivity index (χ4n) is 3.56. The Balaban J connectivity index is 1.62. The fraction of sp³-hybridized carbons (Fsp3) is 0.391. The van der Waals surface area contributed by atoms with Crippen LogP contribution in [0.5, 0.6) is 5.75 Å². The van der Waals surface area contributed by atoms with E-state index in [1.807, 2.05) is 12.1 Å². The van der Waals surface area contributed by atoms with Crippen molar-refractivity contribution in [1.82, 2.24) is 0 Å². The Bertz CT molecular complexity index is 877.